The molecule has 3 N–H and O–H groups in total. The Hall–Kier alpha value is -1.95. The maximum absolute atomic E-state index is 11.8. The van der Waals surface area contributed by atoms with E-state index >= 15 is 0 Å². The molecular weight excluding hydrogens is 258 g/mol. The number of amides is 1. The molecule has 0 aliphatic rings. The van der Waals surface area contributed by atoms with Gasteiger partial charge in [-0.1, -0.05) is 19.4 Å². The number of carbonyl (C=O) groups is 1. The second-order valence-electron chi connectivity index (χ2n) is 4.75. The Balaban J connectivity index is 2.49. The molecule has 0 aliphatic carbocycles. The Bertz CT molecular complexity index is 463. The fraction of sp³-hybridized carbons (Fsp3) is 0.500. The van der Waals surface area contributed by atoms with Crippen LogP contribution in [0.5, 0.6) is 0 Å². The molecule has 6 heteroatoms. The number of rotatable bonds is 8. The normalized spacial score (nSPS) is 11.9. The minimum atomic E-state index is -0.482. The minimum absolute atomic E-state index is 0.0302. The number of hydrogen-bond donors (Lipinski definition) is 2. The van der Waals surface area contributed by atoms with Crippen molar-refractivity contribution in [3.8, 4) is 0 Å². The van der Waals surface area contributed by atoms with Gasteiger partial charge in [-0.05, 0) is 31.4 Å². The lowest BCUT2D eigenvalue weighted by atomic mass is 9.96. The minimum Gasteiger partial charge on any atom is -0.330 e. The van der Waals surface area contributed by atoms with Crippen LogP contribution in [0.2, 0.25) is 0 Å². The van der Waals surface area contributed by atoms with E-state index in [-0.39, 0.29) is 11.6 Å². The van der Waals surface area contributed by atoms with Crippen LogP contribution in [0.3, 0.4) is 0 Å². The monoisotopic (exact) mass is 279 g/mol. The average Bonchev–Trinajstić information content (AvgIpc) is 2.43. The van der Waals surface area contributed by atoms with Crippen LogP contribution in [0.1, 0.15) is 32.6 Å². The summed E-state index contributed by atoms with van der Waals surface area (Å²) >= 11 is 0. The fourth-order valence-corrected chi connectivity index (χ4v) is 2.04. The fourth-order valence-electron chi connectivity index (χ4n) is 2.04. The number of nitrogens with zero attached hydrogens (tertiary/aromatic N) is 1. The summed E-state index contributed by atoms with van der Waals surface area (Å²) in [6.07, 6.45) is 3.11. The summed E-state index contributed by atoms with van der Waals surface area (Å²) in [7, 11) is 0. The van der Waals surface area contributed by atoms with E-state index in [1.807, 2.05) is 0 Å². The summed E-state index contributed by atoms with van der Waals surface area (Å²) < 4.78 is 0. The molecule has 110 valence electrons. The van der Waals surface area contributed by atoms with Crippen molar-refractivity contribution in [3.63, 3.8) is 0 Å². The van der Waals surface area contributed by atoms with Crippen molar-refractivity contribution in [2.75, 3.05) is 11.9 Å². The summed E-state index contributed by atoms with van der Waals surface area (Å²) in [5, 5.41) is 13.3. The zero-order valence-corrected chi connectivity index (χ0v) is 11.7. The number of carbonyl (C=O) groups excluding carboxylic acids is 1. The van der Waals surface area contributed by atoms with Gasteiger partial charge in [0.1, 0.15) is 0 Å². The number of anilines is 1. The molecule has 1 aromatic carbocycles. The van der Waals surface area contributed by atoms with Gasteiger partial charge >= 0.3 is 0 Å². The quantitative estimate of drug-likeness (QED) is 0.564. The topological polar surface area (TPSA) is 98.3 Å². The van der Waals surface area contributed by atoms with Crippen molar-refractivity contribution in [1.29, 1.82) is 0 Å². The predicted octanol–water partition coefficient (Wildman–Crippen LogP) is 2.69. The summed E-state index contributed by atoms with van der Waals surface area (Å²) in [5.41, 5.74) is 5.94. The SMILES string of the molecule is CCC(CCN)CCC(=O)Nc1cccc([N+](=O)[O-])c1. The van der Waals surface area contributed by atoms with Gasteiger partial charge in [-0.3, -0.25) is 14.9 Å². The highest BCUT2D eigenvalue weighted by Gasteiger charge is 2.11. The Morgan fingerprint density at radius 3 is 2.80 bits per heavy atom. The molecular formula is C14H21N3O3. The number of nitro benzene ring substituents is 1. The smallest absolute Gasteiger partial charge is 0.271 e. The first-order valence-corrected chi connectivity index (χ1v) is 6.81. The Kier molecular flexibility index (Phi) is 6.66. The molecule has 1 amide bonds. The molecule has 0 saturated heterocycles. The number of nitrogens with one attached hydrogen (secondary N) is 1. The Morgan fingerprint density at radius 2 is 2.20 bits per heavy atom. The van der Waals surface area contributed by atoms with Crippen LogP contribution in [0.15, 0.2) is 24.3 Å². The first kappa shape index (κ1) is 16.1. The number of nitro groups is 1. The maximum atomic E-state index is 11.8. The van der Waals surface area contributed by atoms with Crippen LogP contribution in [-0.2, 0) is 4.79 Å². The standard InChI is InChI=1S/C14H21N3O3/c1-2-11(8-9-15)6-7-14(18)16-12-4-3-5-13(10-12)17(19)20/h3-5,10-11H,2,6-9,15H2,1H3,(H,16,18). The van der Waals surface area contributed by atoms with E-state index in [1.54, 1.807) is 12.1 Å². The Morgan fingerprint density at radius 1 is 1.45 bits per heavy atom. The van der Waals surface area contributed by atoms with E-state index in [9.17, 15) is 14.9 Å². The van der Waals surface area contributed by atoms with Crippen LogP contribution < -0.4 is 11.1 Å². The van der Waals surface area contributed by atoms with Crippen LogP contribution in [0.25, 0.3) is 0 Å². The molecule has 6 nitrogen and oxygen atoms in total. The van der Waals surface area contributed by atoms with Crippen LogP contribution in [-0.4, -0.2) is 17.4 Å². The van der Waals surface area contributed by atoms with Crippen molar-refractivity contribution in [2.45, 2.75) is 32.6 Å². The summed E-state index contributed by atoms with van der Waals surface area (Å²) in [5.74, 6) is 0.330. The molecule has 0 aromatic heterocycles. The highest BCUT2D eigenvalue weighted by molar-refractivity contribution is 5.90. The van der Waals surface area contributed by atoms with Gasteiger partial charge in [-0.2, -0.15) is 0 Å². The summed E-state index contributed by atoms with van der Waals surface area (Å²) in [6.45, 7) is 2.71. The molecule has 0 aliphatic heterocycles. The van der Waals surface area contributed by atoms with Gasteiger partial charge in [0.15, 0.2) is 0 Å². The second kappa shape index (κ2) is 8.27. The van der Waals surface area contributed by atoms with Crippen molar-refractivity contribution in [3.05, 3.63) is 34.4 Å². The molecule has 0 spiro atoms. The largest absolute Gasteiger partial charge is 0.330 e. The molecule has 1 unspecified atom stereocenters. The molecule has 0 heterocycles. The van der Waals surface area contributed by atoms with Gasteiger partial charge in [0.2, 0.25) is 5.91 Å². The molecule has 0 radical (unpaired) electrons. The van der Waals surface area contributed by atoms with Crippen molar-refractivity contribution in [2.24, 2.45) is 11.7 Å². The van der Waals surface area contributed by atoms with Gasteiger partial charge in [-0.25, -0.2) is 0 Å². The molecule has 1 aromatic rings. The van der Waals surface area contributed by atoms with E-state index in [4.69, 9.17) is 5.73 Å². The molecule has 20 heavy (non-hydrogen) atoms. The highest BCUT2D eigenvalue weighted by atomic mass is 16.6. The van der Waals surface area contributed by atoms with Crippen molar-refractivity contribution >= 4 is 17.3 Å². The first-order valence-electron chi connectivity index (χ1n) is 6.81. The van der Waals surface area contributed by atoms with E-state index in [2.05, 4.69) is 12.2 Å². The molecule has 0 fully saturated rings. The first-order chi connectivity index (χ1) is 9.56. The lowest BCUT2D eigenvalue weighted by molar-refractivity contribution is -0.384. The van der Waals surface area contributed by atoms with Crippen LogP contribution in [0, 0.1) is 16.0 Å². The maximum Gasteiger partial charge on any atom is 0.271 e. The summed E-state index contributed by atoms with van der Waals surface area (Å²) in [6, 6.07) is 5.94. The van der Waals surface area contributed by atoms with Crippen LogP contribution in [0.4, 0.5) is 11.4 Å². The van der Waals surface area contributed by atoms with Gasteiger partial charge < -0.3 is 11.1 Å². The number of hydrogen-bond acceptors (Lipinski definition) is 4. The molecule has 0 bridgehead atoms. The van der Waals surface area contributed by atoms with Crippen molar-refractivity contribution in [1.82, 2.24) is 0 Å². The van der Waals surface area contributed by atoms with E-state index in [0.29, 0.717) is 24.6 Å². The third-order valence-corrected chi connectivity index (χ3v) is 3.27. The molecule has 1 atom stereocenters. The second-order valence-corrected chi connectivity index (χ2v) is 4.75. The average molecular weight is 279 g/mol. The third-order valence-electron chi connectivity index (χ3n) is 3.27. The number of non-ortho nitro benzene ring substituents is 1. The highest BCUT2D eigenvalue weighted by Crippen LogP contribution is 2.18. The van der Waals surface area contributed by atoms with E-state index in [1.165, 1.54) is 12.1 Å². The summed E-state index contributed by atoms with van der Waals surface area (Å²) in [4.78, 5) is 22.0. The number of benzene rings is 1. The lowest BCUT2D eigenvalue weighted by Crippen LogP contribution is -2.15. The van der Waals surface area contributed by atoms with E-state index in [0.717, 1.165) is 19.3 Å². The zero-order valence-electron chi connectivity index (χ0n) is 11.7. The predicted molar refractivity (Wildman–Crippen MR) is 78.4 cm³/mol. The lowest BCUT2D eigenvalue weighted by Gasteiger charge is -2.13. The van der Waals surface area contributed by atoms with Gasteiger partial charge in [-0.15, -0.1) is 0 Å². The zero-order chi connectivity index (χ0) is 15.0. The van der Waals surface area contributed by atoms with Gasteiger partial charge in [0.05, 0.1) is 4.92 Å². The molecule has 0 saturated carbocycles. The van der Waals surface area contributed by atoms with Crippen LogP contribution >= 0.6 is 0 Å². The number of nitrogens with two attached hydrogens (primary N) is 1. The Labute approximate surface area is 118 Å². The molecule has 1 rings (SSSR count). The van der Waals surface area contributed by atoms with E-state index < -0.39 is 4.92 Å². The third kappa shape index (κ3) is 5.36. The van der Waals surface area contributed by atoms with Crippen molar-refractivity contribution < 1.29 is 9.72 Å². The van der Waals surface area contributed by atoms with Gasteiger partial charge in [0, 0.05) is 24.2 Å². The van der Waals surface area contributed by atoms with Gasteiger partial charge in [0.25, 0.3) is 5.69 Å².